The van der Waals surface area contributed by atoms with Gasteiger partial charge in [-0.2, -0.15) is 0 Å². The molecule has 0 spiro atoms. The number of benzene rings is 1. The zero-order valence-corrected chi connectivity index (χ0v) is 11.3. The summed E-state index contributed by atoms with van der Waals surface area (Å²) >= 11 is 0. The Hall–Kier alpha value is -1.77. The van der Waals surface area contributed by atoms with Crippen LogP contribution in [0.4, 0.5) is 0 Å². The first-order valence-corrected chi connectivity index (χ1v) is 6.75. The van der Waals surface area contributed by atoms with E-state index in [-0.39, 0.29) is 0 Å². The molecular formula is C16H20O3. The lowest BCUT2D eigenvalue weighted by Crippen LogP contribution is -2.14. The molecule has 0 radical (unpaired) electrons. The number of ether oxygens (including phenoxy) is 1. The number of carboxylic acids is 1. The molecule has 102 valence electrons. The van der Waals surface area contributed by atoms with Crippen LogP contribution in [0, 0.1) is 5.92 Å². The highest BCUT2D eigenvalue weighted by molar-refractivity contribution is 5.80. The summed E-state index contributed by atoms with van der Waals surface area (Å²) in [5, 5.41) is 8.92. The van der Waals surface area contributed by atoms with Crippen LogP contribution in [0.15, 0.2) is 35.9 Å². The van der Waals surface area contributed by atoms with E-state index < -0.39 is 5.97 Å². The van der Waals surface area contributed by atoms with E-state index in [1.807, 2.05) is 12.1 Å². The van der Waals surface area contributed by atoms with Crippen molar-refractivity contribution in [1.82, 2.24) is 0 Å². The van der Waals surface area contributed by atoms with Crippen molar-refractivity contribution in [3.8, 4) is 5.75 Å². The van der Waals surface area contributed by atoms with Crippen LogP contribution in [0.2, 0.25) is 0 Å². The molecule has 0 amide bonds. The van der Waals surface area contributed by atoms with E-state index in [1.54, 1.807) is 7.11 Å². The first kappa shape index (κ1) is 13.7. The number of hydrogen-bond acceptors (Lipinski definition) is 2. The topological polar surface area (TPSA) is 46.5 Å². The number of carbonyl (C=O) groups is 1. The fourth-order valence-electron chi connectivity index (χ4n) is 2.74. The van der Waals surface area contributed by atoms with E-state index in [4.69, 9.17) is 9.84 Å². The highest BCUT2D eigenvalue weighted by Gasteiger charge is 2.20. The molecule has 1 unspecified atom stereocenters. The van der Waals surface area contributed by atoms with Gasteiger partial charge in [0.15, 0.2) is 0 Å². The zero-order valence-electron chi connectivity index (χ0n) is 11.3. The molecule has 19 heavy (non-hydrogen) atoms. The number of aliphatic carboxylic acids is 1. The molecule has 0 bridgehead atoms. The summed E-state index contributed by atoms with van der Waals surface area (Å²) in [6.45, 7) is 0. The minimum Gasteiger partial charge on any atom is -0.497 e. The van der Waals surface area contributed by atoms with Gasteiger partial charge in [0.05, 0.1) is 7.11 Å². The third-order valence-corrected chi connectivity index (χ3v) is 3.74. The van der Waals surface area contributed by atoms with Crippen molar-refractivity contribution in [2.45, 2.75) is 32.1 Å². The molecule has 0 saturated heterocycles. The Morgan fingerprint density at radius 1 is 1.37 bits per heavy atom. The van der Waals surface area contributed by atoms with Gasteiger partial charge in [-0.25, -0.2) is 4.79 Å². The second-order valence-electron chi connectivity index (χ2n) is 5.05. The molecule has 1 aromatic carbocycles. The molecule has 0 heterocycles. The van der Waals surface area contributed by atoms with Crippen molar-refractivity contribution in [3.05, 3.63) is 41.5 Å². The molecule has 1 N–H and O–H groups in total. The Balaban J connectivity index is 2.08. The molecule has 1 saturated carbocycles. The summed E-state index contributed by atoms with van der Waals surface area (Å²) in [4.78, 5) is 10.9. The number of rotatable bonds is 4. The van der Waals surface area contributed by atoms with Gasteiger partial charge >= 0.3 is 5.97 Å². The highest BCUT2D eigenvalue weighted by Crippen LogP contribution is 2.32. The molecule has 3 nitrogen and oxygen atoms in total. The lowest BCUT2D eigenvalue weighted by Gasteiger charge is -2.25. The van der Waals surface area contributed by atoms with Crippen LogP contribution >= 0.6 is 0 Å². The second kappa shape index (κ2) is 6.41. The highest BCUT2D eigenvalue weighted by atomic mass is 16.5. The zero-order chi connectivity index (χ0) is 13.7. The van der Waals surface area contributed by atoms with E-state index in [2.05, 4.69) is 12.1 Å². The van der Waals surface area contributed by atoms with Crippen molar-refractivity contribution in [3.63, 3.8) is 0 Å². The van der Waals surface area contributed by atoms with Crippen LogP contribution in [0.3, 0.4) is 0 Å². The predicted octanol–water partition coefficient (Wildman–Crippen LogP) is 3.44. The monoisotopic (exact) mass is 260 g/mol. The average Bonchev–Trinajstić information content (AvgIpc) is 2.41. The van der Waals surface area contributed by atoms with E-state index in [9.17, 15) is 4.79 Å². The average molecular weight is 260 g/mol. The summed E-state index contributed by atoms with van der Waals surface area (Å²) in [5.74, 6) is 0.406. The summed E-state index contributed by atoms with van der Waals surface area (Å²) < 4.78 is 5.14. The van der Waals surface area contributed by atoms with Crippen molar-refractivity contribution < 1.29 is 14.6 Å². The largest absolute Gasteiger partial charge is 0.497 e. The molecule has 2 rings (SSSR count). The Morgan fingerprint density at radius 2 is 2.11 bits per heavy atom. The molecule has 1 atom stereocenters. The molecular weight excluding hydrogens is 240 g/mol. The maximum absolute atomic E-state index is 10.9. The number of methoxy groups -OCH3 is 1. The maximum Gasteiger partial charge on any atom is 0.328 e. The lowest BCUT2D eigenvalue weighted by atomic mass is 9.80. The Kier molecular flexibility index (Phi) is 4.61. The summed E-state index contributed by atoms with van der Waals surface area (Å²) in [6.07, 6.45) is 6.64. The lowest BCUT2D eigenvalue weighted by molar-refractivity contribution is -0.131. The minimum atomic E-state index is -0.823. The van der Waals surface area contributed by atoms with E-state index in [1.165, 1.54) is 18.1 Å². The van der Waals surface area contributed by atoms with Crippen LogP contribution in [-0.4, -0.2) is 18.2 Å². The molecule has 1 aliphatic carbocycles. The third kappa shape index (κ3) is 3.85. The smallest absolute Gasteiger partial charge is 0.328 e. The van der Waals surface area contributed by atoms with Crippen molar-refractivity contribution in [2.24, 2.45) is 5.92 Å². The fourth-order valence-corrected chi connectivity index (χ4v) is 2.74. The SMILES string of the molecule is COc1ccc(CC2CCCCC2=CC(=O)O)cc1. The van der Waals surface area contributed by atoms with Gasteiger partial charge in [0.1, 0.15) is 5.75 Å². The van der Waals surface area contributed by atoms with E-state index in [0.29, 0.717) is 5.92 Å². The van der Waals surface area contributed by atoms with Gasteiger partial charge in [-0.05, 0) is 49.3 Å². The van der Waals surface area contributed by atoms with Crippen molar-refractivity contribution >= 4 is 5.97 Å². The van der Waals surface area contributed by atoms with Gasteiger partial charge in [0.2, 0.25) is 0 Å². The molecule has 1 aromatic rings. The first-order chi connectivity index (χ1) is 9.19. The molecule has 0 aliphatic heterocycles. The van der Waals surface area contributed by atoms with E-state index >= 15 is 0 Å². The van der Waals surface area contributed by atoms with Gasteiger partial charge in [-0.15, -0.1) is 0 Å². The van der Waals surface area contributed by atoms with Gasteiger partial charge in [0, 0.05) is 6.08 Å². The van der Waals surface area contributed by atoms with Gasteiger partial charge in [-0.3, -0.25) is 0 Å². The van der Waals surface area contributed by atoms with Gasteiger partial charge < -0.3 is 9.84 Å². The van der Waals surface area contributed by atoms with Gasteiger partial charge in [-0.1, -0.05) is 24.1 Å². The Bertz CT molecular complexity index is 459. The van der Waals surface area contributed by atoms with Crippen LogP contribution in [-0.2, 0) is 11.2 Å². The van der Waals surface area contributed by atoms with Crippen LogP contribution < -0.4 is 4.74 Å². The normalized spacial score (nSPS) is 21.3. The summed E-state index contributed by atoms with van der Waals surface area (Å²) in [5.41, 5.74) is 2.33. The first-order valence-electron chi connectivity index (χ1n) is 6.75. The fraction of sp³-hybridized carbons (Fsp3) is 0.438. The summed E-state index contributed by atoms with van der Waals surface area (Å²) in [7, 11) is 1.66. The van der Waals surface area contributed by atoms with Crippen LogP contribution in [0.5, 0.6) is 5.75 Å². The second-order valence-corrected chi connectivity index (χ2v) is 5.05. The van der Waals surface area contributed by atoms with Crippen molar-refractivity contribution in [2.75, 3.05) is 7.11 Å². The van der Waals surface area contributed by atoms with Gasteiger partial charge in [0.25, 0.3) is 0 Å². The minimum absolute atomic E-state index is 0.373. The predicted molar refractivity (Wildman–Crippen MR) is 74.4 cm³/mol. The standard InChI is InChI=1S/C16H20O3/c1-19-15-8-6-12(7-9-15)10-13-4-2-3-5-14(13)11-16(17)18/h6-9,11,13H,2-5,10H2,1H3,(H,17,18). The van der Waals surface area contributed by atoms with Crippen molar-refractivity contribution in [1.29, 1.82) is 0 Å². The number of allylic oxidation sites excluding steroid dienone is 1. The number of carboxylic acid groups (broad SMARTS) is 1. The molecule has 3 heteroatoms. The molecule has 1 fully saturated rings. The molecule has 1 aliphatic rings. The Labute approximate surface area is 113 Å². The van der Waals surface area contributed by atoms with Crippen LogP contribution in [0.25, 0.3) is 0 Å². The van der Waals surface area contributed by atoms with Crippen LogP contribution in [0.1, 0.15) is 31.2 Å². The quantitative estimate of drug-likeness (QED) is 0.843. The number of hydrogen-bond donors (Lipinski definition) is 1. The molecule has 0 aromatic heterocycles. The summed E-state index contributed by atoms with van der Waals surface area (Å²) in [6, 6.07) is 8.04. The Morgan fingerprint density at radius 3 is 2.74 bits per heavy atom. The third-order valence-electron chi connectivity index (χ3n) is 3.74. The maximum atomic E-state index is 10.9. The van der Waals surface area contributed by atoms with E-state index in [0.717, 1.165) is 37.0 Å².